The Morgan fingerprint density at radius 3 is 2.56 bits per heavy atom. The molecular formula is C18H18BrN5O. The van der Waals surface area contributed by atoms with Gasteiger partial charge in [0.2, 0.25) is 5.82 Å². The Labute approximate surface area is 154 Å². The van der Waals surface area contributed by atoms with E-state index in [1.165, 1.54) is 4.80 Å². The minimum absolute atomic E-state index is 0.0473. The van der Waals surface area contributed by atoms with E-state index in [0.29, 0.717) is 12.4 Å². The van der Waals surface area contributed by atoms with E-state index < -0.39 is 0 Å². The SMILES string of the molecule is CCN(C(=O)Cn1nnc(-c2ccc(Br)cc2)n1)c1ccccc1C. The average Bonchev–Trinajstić information content (AvgIpc) is 3.06. The molecule has 0 aliphatic rings. The number of amides is 1. The van der Waals surface area contributed by atoms with E-state index in [4.69, 9.17) is 0 Å². The van der Waals surface area contributed by atoms with E-state index in [2.05, 4.69) is 31.3 Å². The topological polar surface area (TPSA) is 63.9 Å². The third-order valence-electron chi connectivity index (χ3n) is 3.86. The van der Waals surface area contributed by atoms with Crippen molar-refractivity contribution in [1.29, 1.82) is 0 Å². The summed E-state index contributed by atoms with van der Waals surface area (Å²) >= 11 is 3.40. The quantitative estimate of drug-likeness (QED) is 0.658. The van der Waals surface area contributed by atoms with Crippen molar-refractivity contribution in [3.05, 3.63) is 58.6 Å². The monoisotopic (exact) mass is 399 g/mol. The molecule has 0 aliphatic heterocycles. The van der Waals surface area contributed by atoms with Gasteiger partial charge in [0.1, 0.15) is 6.54 Å². The van der Waals surface area contributed by atoms with Crippen LogP contribution in [0.3, 0.4) is 0 Å². The lowest BCUT2D eigenvalue weighted by Crippen LogP contribution is -2.34. The van der Waals surface area contributed by atoms with Crippen LogP contribution in [0.25, 0.3) is 11.4 Å². The molecule has 0 unspecified atom stereocenters. The smallest absolute Gasteiger partial charge is 0.250 e. The average molecular weight is 400 g/mol. The molecule has 2 aromatic carbocycles. The van der Waals surface area contributed by atoms with Crippen molar-refractivity contribution in [2.45, 2.75) is 20.4 Å². The minimum Gasteiger partial charge on any atom is -0.311 e. The second-order valence-electron chi connectivity index (χ2n) is 5.57. The Bertz CT molecular complexity index is 875. The number of benzene rings is 2. The summed E-state index contributed by atoms with van der Waals surface area (Å²) in [6, 6.07) is 15.5. The number of para-hydroxylation sites is 1. The first-order valence-corrected chi connectivity index (χ1v) is 8.77. The van der Waals surface area contributed by atoms with Gasteiger partial charge in [-0.05, 0) is 55.0 Å². The van der Waals surface area contributed by atoms with Gasteiger partial charge < -0.3 is 4.90 Å². The molecule has 0 fully saturated rings. The Balaban J connectivity index is 1.76. The molecule has 0 bridgehead atoms. The van der Waals surface area contributed by atoms with Gasteiger partial charge in [0, 0.05) is 22.3 Å². The first-order valence-electron chi connectivity index (χ1n) is 7.98. The fourth-order valence-electron chi connectivity index (χ4n) is 2.58. The molecule has 3 rings (SSSR count). The number of nitrogens with zero attached hydrogens (tertiary/aromatic N) is 5. The maximum absolute atomic E-state index is 12.7. The molecule has 1 amide bonds. The van der Waals surface area contributed by atoms with Gasteiger partial charge in [0.05, 0.1) is 0 Å². The summed E-state index contributed by atoms with van der Waals surface area (Å²) in [5.41, 5.74) is 2.82. The second kappa shape index (κ2) is 7.57. The van der Waals surface area contributed by atoms with Crippen molar-refractivity contribution in [2.75, 3.05) is 11.4 Å². The van der Waals surface area contributed by atoms with Crippen molar-refractivity contribution in [3.63, 3.8) is 0 Å². The number of aryl methyl sites for hydroxylation is 1. The molecule has 0 saturated carbocycles. The lowest BCUT2D eigenvalue weighted by molar-refractivity contribution is -0.119. The van der Waals surface area contributed by atoms with E-state index in [-0.39, 0.29) is 12.5 Å². The molecule has 0 radical (unpaired) electrons. The van der Waals surface area contributed by atoms with Crippen molar-refractivity contribution in [3.8, 4) is 11.4 Å². The number of carbonyl (C=O) groups excluding carboxylic acids is 1. The normalized spacial score (nSPS) is 10.7. The third kappa shape index (κ3) is 3.93. The Kier molecular flexibility index (Phi) is 5.23. The molecule has 7 heteroatoms. The Morgan fingerprint density at radius 1 is 1.16 bits per heavy atom. The zero-order valence-electron chi connectivity index (χ0n) is 14.1. The van der Waals surface area contributed by atoms with Crippen LogP contribution in [0, 0.1) is 6.92 Å². The van der Waals surface area contributed by atoms with Gasteiger partial charge in [-0.15, -0.1) is 10.2 Å². The number of halogens is 1. The van der Waals surface area contributed by atoms with Crippen LogP contribution in [-0.4, -0.2) is 32.7 Å². The highest BCUT2D eigenvalue weighted by atomic mass is 79.9. The highest BCUT2D eigenvalue weighted by Gasteiger charge is 2.17. The number of rotatable bonds is 5. The van der Waals surface area contributed by atoms with E-state index in [1.807, 2.05) is 62.4 Å². The van der Waals surface area contributed by atoms with Gasteiger partial charge in [-0.3, -0.25) is 4.79 Å². The van der Waals surface area contributed by atoms with Crippen LogP contribution in [-0.2, 0) is 11.3 Å². The summed E-state index contributed by atoms with van der Waals surface area (Å²) in [6.45, 7) is 4.57. The zero-order chi connectivity index (χ0) is 17.8. The van der Waals surface area contributed by atoms with Crippen molar-refractivity contribution in [2.24, 2.45) is 0 Å². The maximum Gasteiger partial charge on any atom is 0.250 e. The van der Waals surface area contributed by atoms with Crippen molar-refractivity contribution < 1.29 is 4.79 Å². The first-order chi connectivity index (χ1) is 12.1. The molecule has 0 spiro atoms. The predicted octanol–water partition coefficient (Wildman–Crippen LogP) is 3.46. The molecular weight excluding hydrogens is 382 g/mol. The van der Waals surface area contributed by atoms with E-state index in [9.17, 15) is 4.79 Å². The summed E-state index contributed by atoms with van der Waals surface area (Å²) in [7, 11) is 0. The van der Waals surface area contributed by atoms with Crippen LogP contribution in [0.1, 0.15) is 12.5 Å². The Morgan fingerprint density at radius 2 is 1.88 bits per heavy atom. The van der Waals surface area contributed by atoms with Crippen LogP contribution in [0.4, 0.5) is 5.69 Å². The van der Waals surface area contributed by atoms with Crippen LogP contribution in [0.2, 0.25) is 0 Å². The molecule has 3 aromatic rings. The molecule has 0 aliphatic carbocycles. The fourth-order valence-corrected chi connectivity index (χ4v) is 2.84. The summed E-state index contributed by atoms with van der Waals surface area (Å²) in [6.07, 6.45) is 0. The van der Waals surface area contributed by atoms with Gasteiger partial charge >= 0.3 is 0 Å². The molecule has 25 heavy (non-hydrogen) atoms. The second-order valence-corrected chi connectivity index (χ2v) is 6.49. The van der Waals surface area contributed by atoms with Crippen LogP contribution in [0.15, 0.2) is 53.0 Å². The Hall–Kier alpha value is -2.54. The van der Waals surface area contributed by atoms with Gasteiger partial charge in [-0.1, -0.05) is 34.1 Å². The molecule has 6 nitrogen and oxygen atoms in total. The number of tetrazole rings is 1. The third-order valence-corrected chi connectivity index (χ3v) is 4.38. The van der Waals surface area contributed by atoms with E-state index in [0.717, 1.165) is 21.3 Å². The molecule has 0 N–H and O–H groups in total. The number of hydrogen-bond acceptors (Lipinski definition) is 4. The van der Waals surface area contributed by atoms with Crippen LogP contribution >= 0.6 is 15.9 Å². The summed E-state index contributed by atoms with van der Waals surface area (Å²) < 4.78 is 0.982. The summed E-state index contributed by atoms with van der Waals surface area (Å²) in [5.74, 6) is 0.427. The highest BCUT2D eigenvalue weighted by Crippen LogP contribution is 2.20. The van der Waals surface area contributed by atoms with Crippen LogP contribution in [0.5, 0.6) is 0 Å². The number of carbonyl (C=O) groups is 1. The van der Waals surface area contributed by atoms with Crippen LogP contribution < -0.4 is 4.90 Å². The molecule has 0 atom stereocenters. The fraction of sp³-hybridized carbons (Fsp3) is 0.222. The zero-order valence-corrected chi connectivity index (χ0v) is 15.6. The molecule has 1 heterocycles. The molecule has 128 valence electrons. The first kappa shape index (κ1) is 17.3. The lowest BCUT2D eigenvalue weighted by Gasteiger charge is -2.22. The number of aromatic nitrogens is 4. The van der Waals surface area contributed by atoms with Crippen molar-refractivity contribution in [1.82, 2.24) is 20.2 Å². The van der Waals surface area contributed by atoms with Gasteiger partial charge in [-0.2, -0.15) is 4.80 Å². The largest absolute Gasteiger partial charge is 0.311 e. The molecule has 0 saturated heterocycles. The molecule has 1 aromatic heterocycles. The van der Waals surface area contributed by atoms with Gasteiger partial charge in [0.25, 0.3) is 5.91 Å². The van der Waals surface area contributed by atoms with E-state index in [1.54, 1.807) is 4.90 Å². The standard InChI is InChI=1S/C18H18BrN5O/c1-3-23(16-7-5-4-6-13(16)2)17(25)12-24-21-18(20-22-24)14-8-10-15(19)11-9-14/h4-11H,3,12H2,1-2H3. The van der Waals surface area contributed by atoms with E-state index >= 15 is 0 Å². The highest BCUT2D eigenvalue weighted by molar-refractivity contribution is 9.10. The van der Waals surface area contributed by atoms with Gasteiger partial charge in [-0.25, -0.2) is 0 Å². The summed E-state index contributed by atoms with van der Waals surface area (Å²) in [5, 5.41) is 12.4. The van der Waals surface area contributed by atoms with Gasteiger partial charge in [0.15, 0.2) is 0 Å². The maximum atomic E-state index is 12.7. The minimum atomic E-state index is -0.0726. The number of likely N-dealkylation sites (N-methyl/N-ethyl adjacent to an activating group) is 1. The predicted molar refractivity (Wildman–Crippen MR) is 100 cm³/mol. The number of hydrogen-bond donors (Lipinski definition) is 0. The number of anilines is 1. The van der Waals surface area contributed by atoms with Crippen molar-refractivity contribution >= 4 is 27.5 Å². The lowest BCUT2D eigenvalue weighted by atomic mass is 10.2. The summed E-state index contributed by atoms with van der Waals surface area (Å²) in [4.78, 5) is 15.7.